The van der Waals surface area contributed by atoms with E-state index in [0.29, 0.717) is 12.6 Å². The van der Waals surface area contributed by atoms with Gasteiger partial charge in [-0.3, -0.25) is 4.90 Å². The van der Waals surface area contributed by atoms with Crippen molar-refractivity contribution in [2.45, 2.75) is 51.4 Å². The van der Waals surface area contributed by atoms with Gasteiger partial charge in [0.05, 0.1) is 12.6 Å². The molecule has 1 aromatic carbocycles. The number of aliphatic hydroxyl groups excluding tert-OH is 1. The second-order valence-corrected chi connectivity index (χ2v) is 7.31. The lowest BCUT2D eigenvalue weighted by molar-refractivity contribution is 0.1000. The smallest absolute Gasteiger partial charge is 0.147 e. The number of β-amino-alcohol motifs (C(OH)–C–C–N with tert-alkyl or cyclic N) is 1. The highest BCUT2D eigenvalue weighted by molar-refractivity contribution is 5.29. The Morgan fingerprint density at radius 3 is 3.00 bits per heavy atom. The lowest BCUT2D eigenvalue weighted by atomic mass is 10.00. The number of aliphatic hydroxyl groups is 1. The molecular weight excluding hydrogens is 314 g/mol. The van der Waals surface area contributed by atoms with Crippen LogP contribution in [0.5, 0.6) is 0 Å². The van der Waals surface area contributed by atoms with Crippen molar-refractivity contribution in [2.75, 3.05) is 19.6 Å². The van der Waals surface area contributed by atoms with Crippen molar-refractivity contribution in [3.8, 4) is 0 Å². The van der Waals surface area contributed by atoms with E-state index in [-0.39, 0.29) is 6.10 Å². The number of aromatic nitrogens is 3. The first kappa shape index (κ1) is 16.7. The molecule has 0 unspecified atom stereocenters. The zero-order valence-corrected chi connectivity index (χ0v) is 14.9. The Bertz CT molecular complexity index is 728. The first-order valence-corrected chi connectivity index (χ1v) is 9.28. The van der Waals surface area contributed by atoms with Crippen molar-refractivity contribution in [1.82, 2.24) is 25.0 Å². The van der Waals surface area contributed by atoms with Gasteiger partial charge < -0.3 is 10.4 Å². The largest absolute Gasteiger partial charge is 0.390 e. The third kappa shape index (κ3) is 3.92. The fourth-order valence-electron chi connectivity index (χ4n) is 3.98. The molecule has 0 aliphatic carbocycles. The van der Waals surface area contributed by atoms with Crippen LogP contribution in [0.4, 0.5) is 0 Å². The summed E-state index contributed by atoms with van der Waals surface area (Å²) in [6, 6.07) is 8.99. The van der Waals surface area contributed by atoms with E-state index in [1.54, 1.807) is 0 Å². The molecule has 3 heterocycles. The lowest BCUT2D eigenvalue weighted by Gasteiger charge is -2.31. The van der Waals surface area contributed by atoms with E-state index in [1.807, 2.05) is 11.6 Å². The average Bonchev–Trinajstić information content (AvgIpc) is 2.99. The molecule has 0 fully saturated rings. The van der Waals surface area contributed by atoms with Crippen LogP contribution in [0.2, 0.25) is 0 Å². The molecule has 0 bridgehead atoms. The SMILES string of the molecule is Cc1nc2n(n1)C[C@@H](NC[C@H](O)CN1CCc3ccccc3C1)CC2. The van der Waals surface area contributed by atoms with Crippen LogP contribution in [-0.4, -0.2) is 56.6 Å². The fraction of sp³-hybridized carbons (Fsp3) is 0.579. The highest BCUT2D eigenvalue weighted by atomic mass is 16.3. The number of nitrogens with zero attached hydrogens (tertiary/aromatic N) is 4. The summed E-state index contributed by atoms with van der Waals surface area (Å²) in [5.74, 6) is 1.93. The summed E-state index contributed by atoms with van der Waals surface area (Å²) >= 11 is 0. The second-order valence-electron chi connectivity index (χ2n) is 7.31. The van der Waals surface area contributed by atoms with Crippen LogP contribution in [-0.2, 0) is 25.9 Å². The third-order valence-corrected chi connectivity index (χ3v) is 5.28. The predicted octanol–water partition coefficient (Wildman–Crippen LogP) is 0.910. The van der Waals surface area contributed by atoms with E-state index in [4.69, 9.17) is 0 Å². The first-order chi connectivity index (χ1) is 12.2. The zero-order chi connectivity index (χ0) is 17.2. The van der Waals surface area contributed by atoms with Crippen LogP contribution < -0.4 is 5.32 Å². The topological polar surface area (TPSA) is 66.2 Å². The quantitative estimate of drug-likeness (QED) is 0.846. The Balaban J connectivity index is 1.24. The fourth-order valence-corrected chi connectivity index (χ4v) is 3.98. The van der Waals surface area contributed by atoms with Gasteiger partial charge in [0, 0.05) is 38.6 Å². The third-order valence-electron chi connectivity index (χ3n) is 5.28. The van der Waals surface area contributed by atoms with Gasteiger partial charge in [0.15, 0.2) is 0 Å². The Kier molecular flexibility index (Phi) is 4.83. The number of benzene rings is 1. The number of hydrogen-bond donors (Lipinski definition) is 2. The average molecular weight is 341 g/mol. The first-order valence-electron chi connectivity index (χ1n) is 9.28. The predicted molar refractivity (Wildman–Crippen MR) is 96.3 cm³/mol. The summed E-state index contributed by atoms with van der Waals surface area (Å²) in [4.78, 5) is 6.80. The molecule has 0 saturated heterocycles. The molecule has 6 nitrogen and oxygen atoms in total. The van der Waals surface area contributed by atoms with Crippen molar-refractivity contribution in [3.63, 3.8) is 0 Å². The summed E-state index contributed by atoms with van der Waals surface area (Å²) in [6.07, 6.45) is 2.75. The molecule has 134 valence electrons. The van der Waals surface area contributed by atoms with Gasteiger partial charge in [0.25, 0.3) is 0 Å². The molecule has 0 amide bonds. The number of aryl methyl sites for hydroxylation is 2. The van der Waals surface area contributed by atoms with Crippen molar-refractivity contribution in [1.29, 1.82) is 0 Å². The van der Waals surface area contributed by atoms with E-state index in [0.717, 1.165) is 57.1 Å². The highest BCUT2D eigenvalue weighted by Gasteiger charge is 2.22. The summed E-state index contributed by atoms with van der Waals surface area (Å²) in [7, 11) is 0. The minimum absolute atomic E-state index is 0.343. The van der Waals surface area contributed by atoms with Gasteiger partial charge in [-0.2, -0.15) is 5.10 Å². The Labute approximate surface area is 148 Å². The molecule has 1 aromatic heterocycles. The molecular formula is C19H27N5O. The molecule has 2 aromatic rings. The summed E-state index contributed by atoms with van der Waals surface area (Å²) in [6.45, 7) is 6.11. The van der Waals surface area contributed by atoms with Crippen LogP contribution in [0.25, 0.3) is 0 Å². The van der Waals surface area contributed by atoms with E-state index in [1.165, 1.54) is 11.1 Å². The van der Waals surface area contributed by atoms with Gasteiger partial charge in [-0.15, -0.1) is 0 Å². The Morgan fingerprint density at radius 2 is 2.12 bits per heavy atom. The maximum Gasteiger partial charge on any atom is 0.147 e. The molecule has 6 heteroatoms. The maximum absolute atomic E-state index is 10.4. The van der Waals surface area contributed by atoms with Crippen LogP contribution in [0.1, 0.15) is 29.2 Å². The molecule has 0 saturated carbocycles. The number of rotatable bonds is 5. The second kappa shape index (κ2) is 7.23. The maximum atomic E-state index is 10.4. The van der Waals surface area contributed by atoms with Crippen molar-refractivity contribution >= 4 is 0 Å². The van der Waals surface area contributed by atoms with Crippen LogP contribution in [0.3, 0.4) is 0 Å². The molecule has 2 atom stereocenters. The van der Waals surface area contributed by atoms with Gasteiger partial charge in [0.1, 0.15) is 11.6 Å². The molecule has 25 heavy (non-hydrogen) atoms. The highest BCUT2D eigenvalue weighted by Crippen LogP contribution is 2.18. The van der Waals surface area contributed by atoms with Crippen LogP contribution in [0.15, 0.2) is 24.3 Å². The minimum atomic E-state index is -0.343. The number of nitrogens with one attached hydrogen (secondary N) is 1. The Hall–Kier alpha value is -1.76. The molecule has 2 N–H and O–H groups in total. The zero-order valence-electron chi connectivity index (χ0n) is 14.9. The van der Waals surface area contributed by atoms with Gasteiger partial charge >= 0.3 is 0 Å². The summed E-state index contributed by atoms with van der Waals surface area (Å²) in [5, 5.41) is 18.4. The van der Waals surface area contributed by atoms with Gasteiger partial charge in [-0.1, -0.05) is 24.3 Å². The van der Waals surface area contributed by atoms with Gasteiger partial charge in [-0.25, -0.2) is 9.67 Å². The molecule has 4 rings (SSSR count). The van der Waals surface area contributed by atoms with Crippen molar-refractivity contribution < 1.29 is 5.11 Å². The van der Waals surface area contributed by atoms with Gasteiger partial charge in [-0.05, 0) is 30.9 Å². The van der Waals surface area contributed by atoms with Crippen LogP contribution >= 0.6 is 0 Å². The van der Waals surface area contributed by atoms with Crippen LogP contribution in [0, 0.1) is 6.92 Å². The normalized spacial score (nSPS) is 21.6. The molecule has 2 aliphatic rings. The monoisotopic (exact) mass is 341 g/mol. The van der Waals surface area contributed by atoms with E-state index >= 15 is 0 Å². The summed E-state index contributed by atoms with van der Waals surface area (Å²) in [5.41, 5.74) is 2.85. The molecule has 0 radical (unpaired) electrons. The minimum Gasteiger partial charge on any atom is -0.390 e. The van der Waals surface area contributed by atoms with Crippen molar-refractivity contribution in [3.05, 3.63) is 47.0 Å². The number of hydrogen-bond acceptors (Lipinski definition) is 5. The standard InChI is InChI=1S/C19H27N5O/c1-14-21-19-7-6-17(12-24(19)22-14)20-10-18(25)13-23-9-8-15-4-2-3-5-16(15)11-23/h2-5,17-18,20,25H,6-13H2,1H3/t17-,18-/m0/s1. The molecule has 0 spiro atoms. The van der Waals surface area contributed by atoms with Crippen molar-refractivity contribution in [2.24, 2.45) is 0 Å². The van der Waals surface area contributed by atoms with E-state index in [9.17, 15) is 5.11 Å². The Morgan fingerprint density at radius 1 is 1.28 bits per heavy atom. The summed E-state index contributed by atoms with van der Waals surface area (Å²) < 4.78 is 2.00. The van der Waals surface area contributed by atoms with E-state index in [2.05, 4.69) is 44.6 Å². The van der Waals surface area contributed by atoms with E-state index < -0.39 is 0 Å². The number of fused-ring (bicyclic) bond motifs is 2. The van der Waals surface area contributed by atoms with Gasteiger partial charge in [0.2, 0.25) is 0 Å². The molecule has 2 aliphatic heterocycles. The lowest BCUT2D eigenvalue weighted by Crippen LogP contribution is -2.45.